The molecule has 9 nitrogen and oxygen atoms in total. The van der Waals surface area contributed by atoms with Gasteiger partial charge in [0.1, 0.15) is 6.67 Å². The highest BCUT2D eigenvalue weighted by molar-refractivity contribution is 6.22. The highest BCUT2D eigenvalue weighted by Crippen LogP contribution is 2.32. The highest BCUT2D eigenvalue weighted by atomic mass is 19.1. The molecule has 2 heterocycles. The van der Waals surface area contributed by atoms with Crippen LogP contribution in [0.4, 0.5) is 15.8 Å². The van der Waals surface area contributed by atoms with Crippen LogP contribution in [0.1, 0.15) is 21.5 Å². The molecule has 1 fully saturated rings. The minimum Gasteiger partial charge on any atom is -0.494 e. The van der Waals surface area contributed by atoms with E-state index in [2.05, 4.69) is 14.8 Å². The van der Waals surface area contributed by atoms with Crippen molar-refractivity contribution >= 4 is 39.9 Å². The van der Waals surface area contributed by atoms with Gasteiger partial charge in [-0.3, -0.25) is 14.6 Å². The van der Waals surface area contributed by atoms with E-state index < -0.39 is 5.97 Å². The number of aromatic hydroxyl groups is 1. The Morgan fingerprint density at radius 2 is 1.67 bits per heavy atom. The number of aromatic amines is 1. The summed E-state index contributed by atoms with van der Waals surface area (Å²) in [6.07, 6.45) is 0. The Morgan fingerprint density at radius 1 is 0.976 bits per heavy atom. The van der Waals surface area contributed by atoms with Crippen LogP contribution in [0.25, 0.3) is 10.9 Å². The summed E-state index contributed by atoms with van der Waals surface area (Å²) in [4.78, 5) is 38.7. The maximum absolute atomic E-state index is 13.0. The van der Waals surface area contributed by atoms with Gasteiger partial charge in [0.2, 0.25) is 5.91 Å². The summed E-state index contributed by atoms with van der Waals surface area (Å²) in [6.45, 7) is 3.38. The monoisotopic (exact) mass is 571 g/mol. The number of alkyl halides is 1. The van der Waals surface area contributed by atoms with E-state index in [1.807, 2.05) is 54.6 Å². The Bertz CT molecular complexity index is 1580. The fourth-order valence-corrected chi connectivity index (χ4v) is 5.14. The number of ether oxygens (including phenoxy) is 1. The van der Waals surface area contributed by atoms with E-state index >= 15 is 0 Å². The molecular weight excluding hydrogens is 537 g/mol. The number of hydrogen-bond acceptors (Lipinski definition) is 7. The maximum atomic E-state index is 13.0. The SMILES string of the molecule is COC(=O)c1ccc2c(C(=Nc3ccc(N(C)C(=O)CN4CCN(CCF)CC4)cc3)c3ccccc3)c(O)[nH]c2c1. The molecule has 10 heteroatoms. The second kappa shape index (κ2) is 13.0. The third-order valence-electron chi connectivity index (χ3n) is 7.56. The average molecular weight is 572 g/mol. The number of fused-ring (bicyclic) bond motifs is 1. The first-order valence-corrected chi connectivity index (χ1v) is 13.8. The lowest BCUT2D eigenvalue weighted by Crippen LogP contribution is -2.50. The number of H-pyrrole nitrogens is 1. The van der Waals surface area contributed by atoms with Crippen molar-refractivity contribution in [1.29, 1.82) is 0 Å². The van der Waals surface area contributed by atoms with E-state index in [1.54, 1.807) is 30.1 Å². The Hall–Kier alpha value is -4.54. The first kappa shape index (κ1) is 29.0. The van der Waals surface area contributed by atoms with Gasteiger partial charge in [0.15, 0.2) is 5.88 Å². The smallest absolute Gasteiger partial charge is 0.337 e. The summed E-state index contributed by atoms with van der Waals surface area (Å²) in [5.41, 5.74) is 4.18. The number of rotatable bonds is 9. The largest absolute Gasteiger partial charge is 0.494 e. The molecule has 2 N–H and O–H groups in total. The van der Waals surface area contributed by atoms with Crippen LogP contribution in [0.15, 0.2) is 77.8 Å². The zero-order valence-corrected chi connectivity index (χ0v) is 23.7. The van der Waals surface area contributed by atoms with Crippen LogP contribution in [0.2, 0.25) is 0 Å². The molecule has 4 aromatic rings. The molecule has 42 heavy (non-hydrogen) atoms. The van der Waals surface area contributed by atoms with Crippen molar-refractivity contribution in [3.05, 3.63) is 89.5 Å². The molecule has 1 saturated heterocycles. The lowest BCUT2D eigenvalue weighted by molar-refractivity contribution is -0.119. The second-order valence-electron chi connectivity index (χ2n) is 10.2. The minimum atomic E-state index is -0.468. The Labute approximate surface area is 243 Å². The predicted octanol–water partition coefficient (Wildman–Crippen LogP) is 4.38. The molecule has 0 unspecified atom stereocenters. The number of halogens is 1. The number of esters is 1. The lowest BCUT2D eigenvalue weighted by Gasteiger charge is -2.34. The molecular formula is C32H34FN5O4. The van der Waals surface area contributed by atoms with Crippen molar-refractivity contribution in [1.82, 2.24) is 14.8 Å². The van der Waals surface area contributed by atoms with Crippen molar-refractivity contribution in [3.63, 3.8) is 0 Å². The second-order valence-corrected chi connectivity index (χ2v) is 10.2. The summed E-state index contributed by atoms with van der Waals surface area (Å²) in [7, 11) is 3.07. The number of benzene rings is 3. The van der Waals surface area contributed by atoms with Crippen LogP contribution in [0.5, 0.6) is 5.88 Å². The molecule has 5 rings (SSSR count). The topological polar surface area (TPSA) is 101 Å². The van der Waals surface area contributed by atoms with E-state index in [4.69, 9.17) is 9.73 Å². The number of carbonyl (C=O) groups is 2. The van der Waals surface area contributed by atoms with Gasteiger partial charge in [0, 0.05) is 61.9 Å². The van der Waals surface area contributed by atoms with Gasteiger partial charge in [-0.2, -0.15) is 0 Å². The van der Waals surface area contributed by atoms with E-state index in [-0.39, 0.29) is 18.5 Å². The quantitative estimate of drug-likeness (QED) is 0.229. The molecule has 218 valence electrons. The molecule has 0 atom stereocenters. The van der Waals surface area contributed by atoms with Crippen LogP contribution in [-0.2, 0) is 9.53 Å². The summed E-state index contributed by atoms with van der Waals surface area (Å²) < 4.78 is 17.4. The third kappa shape index (κ3) is 6.35. The zero-order valence-electron chi connectivity index (χ0n) is 23.7. The van der Waals surface area contributed by atoms with Gasteiger partial charge in [-0.05, 0) is 36.4 Å². The standard InChI is InChI=1S/C32H34FN5O4/c1-36(28(39)21-38-18-16-37(15-14-33)17-19-38)25-11-9-24(10-12-25)34-30(22-6-4-3-5-7-22)29-26-13-8-23(32(41)42-2)20-27(26)35-31(29)40/h3-13,20,35,40H,14-19,21H2,1-2H3. The van der Waals surface area contributed by atoms with E-state index in [9.17, 15) is 19.1 Å². The molecule has 1 amide bonds. The van der Waals surface area contributed by atoms with Crippen molar-refractivity contribution in [3.8, 4) is 5.88 Å². The van der Waals surface area contributed by atoms with Crippen LogP contribution in [0, 0.1) is 0 Å². The molecule has 0 aliphatic carbocycles. The molecule has 0 spiro atoms. The number of nitrogens with zero attached hydrogens (tertiary/aromatic N) is 4. The normalized spacial score (nSPS) is 14.7. The van der Waals surface area contributed by atoms with Crippen LogP contribution < -0.4 is 4.90 Å². The van der Waals surface area contributed by atoms with Gasteiger partial charge in [-0.15, -0.1) is 0 Å². The first-order valence-electron chi connectivity index (χ1n) is 13.8. The number of aromatic nitrogens is 1. The van der Waals surface area contributed by atoms with Crippen molar-refractivity contribution in [2.75, 3.05) is 65.0 Å². The third-order valence-corrected chi connectivity index (χ3v) is 7.56. The Morgan fingerprint density at radius 3 is 2.33 bits per heavy atom. The summed E-state index contributed by atoms with van der Waals surface area (Å²) in [5, 5.41) is 11.7. The number of aliphatic imine (C=N–C) groups is 1. The number of likely N-dealkylation sites (N-methyl/N-ethyl adjacent to an activating group) is 1. The van der Waals surface area contributed by atoms with Crippen LogP contribution in [-0.4, -0.2) is 97.6 Å². The molecule has 1 aromatic heterocycles. The van der Waals surface area contributed by atoms with Crippen molar-refractivity contribution < 1.29 is 23.8 Å². The van der Waals surface area contributed by atoms with Gasteiger partial charge in [0.05, 0.1) is 36.2 Å². The van der Waals surface area contributed by atoms with Gasteiger partial charge in [-0.25, -0.2) is 14.2 Å². The summed E-state index contributed by atoms with van der Waals surface area (Å²) >= 11 is 0. The fraction of sp³-hybridized carbons (Fsp3) is 0.281. The van der Waals surface area contributed by atoms with Gasteiger partial charge < -0.3 is 19.7 Å². The highest BCUT2D eigenvalue weighted by Gasteiger charge is 2.22. The van der Waals surface area contributed by atoms with Gasteiger partial charge in [-0.1, -0.05) is 36.4 Å². The van der Waals surface area contributed by atoms with Crippen LogP contribution >= 0.6 is 0 Å². The maximum Gasteiger partial charge on any atom is 0.337 e. The van der Waals surface area contributed by atoms with Gasteiger partial charge in [0.25, 0.3) is 0 Å². The van der Waals surface area contributed by atoms with Gasteiger partial charge >= 0.3 is 5.97 Å². The number of amides is 1. The summed E-state index contributed by atoms with van der Waals surface area (Å²) in [5.74, 6) is -0.559. The van der Waals surface area contributed by atoms with E-state index in [1.165, 1.54) is 7.11 Å². The molecule has 0 bridgehead atoms. The Kier molecular flexibility index (Phi) is 8.94. The number of carbonyl (C=O) groups excluding carboxylic acids is 2. The molecule has 0 saturated carbocycles. The fourth-order valence-electron chi connectivity index (χ4n) is 5.14. The number of nitrogens with one attached hydrogen (secondary N) is 1. The predicted molar refractivity (Wildman–Crippen MR) is 162 cm³/mol. The average Bonchev–Trinajstić information content (AvgIpc) is 3.35. The number of piperazine rings is 1. The number of methoxy groups -OCH3 is 1. The van der Waals surface area contributed by atoms with E-state index in [0.717, 1.165) is 37.4 Å². The molecule has 1 aliphatic heterocycles. The molecule has 0 radical (unpaired) electrons. The first-order chi connectivity index (χ1) is 20.4. The van der Waals surface area contributed by atoms with Crippen LogP contribution in [0.3, 0.4) is 0 Å². The van der Waals surface area contributed by atoms with E-state index in [0.29, 0.717) is 46.5 Å². The molecule has 3 aromatic carbocycles. The minimum absolute atomic E-state index is 0.0230. The van der Waals surface area contributed by atoms with Crippen molar-refractivity contribution in [2.24, 2.45) is 4.99 Å². The number of hydrogen-bond donors (Lipinski definition) is 2. The Balaban J connectivity index is 1.39. The molecule has 1 aliphatic rings. The zero-order chi connectivity index (χ0) is 29.6. The summed E-state index contributed by atoms with van der Waals surface area (Å²) in [6, 6.07) is 21.9. The van der Waals surface area contributed by atoms with Crippen molar-refractivity contribution in [2.45, 2.75) is 0 Å². The number of anilines is 1. The lowest BCUT2D eigenvalue weighted by atomic mass is 10.00.